The van der Waals surface area contributed by atoms with Crippen molar-refractivity contribution in [2.45, 2.75) is 19.3 Å². The Morgan fingerprint density at radius 2 is 1.94 bits per heavy atom. The van der Waals surface area contributed by atoms with E-state index in [1.165, 1.54) is 25.1 Å². The molecule has 3 nitrogen and oxygen atoms in total. The van der Waals surface area contributed by atoms with Crippen LogP contribution in [0.4, 0.5) is 13.2 Å². The second kappa shape index (κ2) is 5.21. The van der Waals surface area contributed by atoms with Crippen LogP contribution in [-0.2, 0) is 21.4 Å². The van der Waals surface area contributed by atoms with E-state index in [1.54, 1.807) is 0 Å². The quantitative estimate of drug-likeness (QED) is 0.851. The van der Waals surface area contributed by atoms with Crippen LogP contribution in [0.1, 0.15) is 18.1 Å². The van der Waals surface area contributed by atoms with Crippen molar-refractivity contribution in [1.82, 2.24) is 0 Å². The van der Waals surface area contributed by atoms with Crippen molar-refractivity contribution in [2.24, 2.45) is 0 Å². The normalized spacial score (nSPS) is 15.6. The third kappa shape index (κ3) is 4.15. The first-order chi connectivity index (χ1) is 7.76. The lowest BCUT2D eigenvalue weighted by Gasteiger charge is -2.15. The van der Waals surface area contributed by atoms with Gasteiger partial charge < -0.3 is 9.42 Å². The molecule has 0 aliphatic rings. The summed E-state index contributed by atoms with van der Waals surface area (Å²) in [6.45, 7) is 1.47. The van der Waals surface area contributed by atoms with Crippen LogP contribution in [-0.4, -0.2) is 11.5 Å². The van der Waals surface area contributed by atoms with E-state index in [0.29, 0.717) is 0 Å². The summed E-state index contributed by atoms with van der Waals surface area (Å²) < 4.78 is 53.8. The van der Waals surface area contributed by atoms with E-state index in [2.05, 4.69) is 4.52 Å². The predicted molar refractivity (Wildman–Crippen MR) is 56.6 cm³/mol. The molecule has 0 amide bonds. The molecule has 0 saturated heterocycles. The van der Waals surface area contributed by atoms with Gasteiger partial charge in [-0.3, -0.25) is 4.57 Å². The van der Waals surface area contributed by atoms with Gasteiger partial charge in [-0.05, 0) is 18.6 Å². The molecule has 1 atom stereocenters. The maximum atomic E-state index is 12.6. The minimum absolute atomic E-state index is 0.0258. The van der Waals surface area contributed by atoms with Crippen LogP contribution < -0.4 is 0 Å². The summed E-state index contributed by atoms with van der Waals surface area (Å²) in [6.07, 6.45) is -5.18. The van der Waals surface area contributed by atoms with E-state index < -0.39 is 25.5 Å². The molecule has 0 bridgehead atoms. The molecule has 0 heterocycles. The maximum Gasteiger partial charge on any atom is 0.416 e. The highest BCUT2D eigenvalue weighted by Gasteiger charge is 2.34. The molecule has 0 aromatic heterocycles. The van der Waals surface area contributed by atoms with Crippen LogP contribution >= 0.6 is 7.60 Å². The molecular formula is C10H12F3O3P. The highest BCUT2D eigenvalue weighted by molar-refractivity contribution is 7.51. The zero-order valence-electron chi connectivity index (χ0n) is 9.07. The molecule has 0 aliphatic heterocycles. The Balaban J connectivity index is 3.03. The smallest absolute Gasteiger partial charge is 0.324 e. The number of alkyl halides is 3. The molecule has 1 N–H and O–H groups in total. The van der Waals surface area contributed by atoms with E-state index in [-0.39, 0.29) is 12.2 Å². The average molecular weight is 268 g/mol. The number of rotatable bonds is 4. The summed E-state index contributed by atoms with van der Waals surface area (Å²) in [5, 5.41) is 0. The van der Waals surface area contributed by atoms with Crippen molar-refractivity contribution < 1.29 is 27.2 Å². The maximum absolute atomic E-state index is 12.6. The van der Waals surface area contributed by atoms with Gasteiger partial charge in [0.1, 0.15) is 0 Å². The van der Waals surface area contributed by atoms with Gasteiger partial charge in [0.15, 0.2) is 0 Å². The average Bonchev–Trinajstić information content (AvgIpc) is 2.15. The Morgan fingerprint density at radius 3 is 2.47 bits per heavy atom. The van der Waals surface area contributed by atoms with Gasteiger partial charge in [0.25, 0.3) is 0 Å². The third-order valence-electron chi connectivity index (χ3n) is 2.02. The molecule has 96 valence electrons. The molecule has 7 heteroatoms. The second-order valence-corrected chi connectivity index (χ2v) is 5.22. The fourth-order valence-electron chi connectivity index (χ4n) is 1.40. The summed E-state index contributed by atoms with van der Waals surface area (Å²) in [5.41, 5.74) is -1.15. The first-order valence-electron chi connectivity index (χ1n) is 4.88. The van der Waals surface area contributed by atoms with Gasteiger partial charge in [0.05, 0.1) is 18.3 Å². The van der Waals surface area contributed by atoms with Crippen LogP contribution in [0.15, 0.2) is 24.3 Å². The number of hydrogen-bond donors (Lipinski definition) is 1. The van der Waals surface area contributed by atoms with E-state index in [9.17, 15) is 22.6 Å². The summed E-state index contributed by atoms with van der Waals surface area (Å²) in [6, 6.07) is 4.66. The zero-order valence-corrected chi connectivity index (χ0v) is 9.96. The van der Waals surface area contributed by atoms with Gasteiger partial charge in [0, 0.05) is 0 Å². The number of hydrogen-bond acceptors (Lipinski definition) is 2. The molecule has 0 radical (unpaired) electrons. The molecule has 1 rings (SSSR count). The topological polar surface area (TPSA) is 46.5 Å². The second-order valence-electron chi connectivity index (χ2n) is 3.37. The van der Waals surface area contributed by atoms with Gasteiger partial charge >= 0.3 is 13.8 Å². The van der Waals surface area contributed by atoms with Crippen LogP contribution in [0.2, 0.25) is 0 Å². The first-order valence-corrected chi connectivity index (χ1v) is 6.64. The summed E-state index contributed by atoms with van der Waals surface area (Å²) >= 11 is 0. The highest BCUT2D eigenvalue weighted by Crippen LogP contribution is 2.47. The Bertz CT molecular complexity index is 431. The molecular weight excluding hydrogens is 256 g/mol. The molecule has 0 saturated carbocycles. The van der Waals surface area contributed by atoms with Crippen molar-refractivity contribution in [2.75, 3.05) is 6.61 Å². The SMILES string of the molecule is CCOP(=O)(O)Cc1ccccc1C(F)(F)F. The Hall–Kier alpha value is -0.840. The minimum atomic E-state index is -4.54. The van der Waals surface area contributed by atoms with Gasteiger partial charge in [0.2, 0.25) is 0 Å². The van der Waals surface area contributed by atoms with Crippen LogP contribution in [0, 0.1) is 0 Å². The van der Waals surface area contributed by atoms with E-state index in [4.69, 9.17) is 0 Å². The fourth-order valence-corrected chi connectivity index (χ4v) is 2.60. The van der Waals surface area contributed by atoms with E-state index in [0.717, 1.165) is 6.07 Å². The van der Waals surface area contributed by atoms with Crippen LogP contribution in [0.5, 0.6) is 0 Å². The lowest BCUT2D eigenvalue weighted by atomic mass is 10.1. The highest BCUT2D eigenvalue weighted by atomic mass is 31.2. The van der Waals surface area contributed by atoms with Gasteiger partial charge in [-0.15, -0.1) is 0 Å². The van der Waals surface area contributed by atoms with E-state index in [1.807, 2.05) is 0 Å². The fraction of sp³-hybridized carbons (Fsp3) is 0.400. The first kappa shape index (κ1) is 14.2. The van der Waals surface area contributed by atoms with Crippen LogP contribution in [0.3, 0.4) is 0 Å². The molecule has 1 aromatic carbocycles. The molecule has 0 aliphatic carbocycles. The molecule has 1 unspecified atom stereocenters. The summed E-state index contributed by atoms with van der Waals surface area (Å²) in [5.74, 6) is 0. The van der Waals surface area contributed by atoms with Crippen molar-refractivity contribution in [3.8, 4) is 0 Å². The van der Waals surface area contributed by atoms with Crippen molar-refractivity contribution in [3.63, 3.8) is 0 Å². The Morgan fingerprint density at radius 1 is 1.35 bits per heavy atom. The Labute approximate surface area is 96.8 Å². The van der Waals surface area contributed by atoms with Crippen molar-refractivity contribution in [3.05, 3.63) is 35.4 Å². The summed E-state index contributed by atoms with van der Waals surface area (Å²) in [4.78, 5) is 9.32. The molecule has 17 heavy (non-hydrogen) atoms. The van der Waals surface area contributed by atoms with Crippen molar-refractivity contribution in [1.29, 1.82) is 0 Å². The van der Waals surface area contributed by atoms with Gasteiger partial charge in [-0.2, -0.15) is 13.2 Å². The predicted octanol–water partition coefficient (Wildman–Crippen LogP) is 3.43. The molecule has 0 fully saturated rings. The largest absolute Gasteiger partial charge is 0.416 e. The standard InChI is InChI=1S/C10H12F3O3P/c1-2-16-17(14,15)7-8-5-3-4-6-9(8)10(11,12)13/h3-6H,2,7H2,1H3,(H,14,15). The monoisotopic (exact) mass is 268 g/mol. The van der Waals surface area contributed by atoms with Gasteiger partial charge in [-0.1, -0.05) is 18.2 Å². The Kier molecular flexibility index (Phi) is 4.36. The zero-order chi connectivity index (χ0) is 13.1. The number of halogens is 3. The number of benzene rings is 1. The van der Waals surface area contributed by atoms with E-state index >= 15 is 0 Å². The third-order valence-corrected chi connectivity index (χ3v) is 3.43. The lowest BCUT2D eigenvalue weighted by Crippen LogP contribution is -2.09. The summed E-state index contributed by atoms with van der Waals surface area (Å²) in [7, 11) is -4.01. The lowest BCUT2D eigenvalue weighted by molar-refractivity contribution is -0.138. The van der Waals surface area contributed by atoms with Gasteiger partial charge in [-0.25, -0.2) is 0 Å². The molecule has 0 spiro atoms. The van der Waals surface area contributed by atoms with Crippen molar-refractivity contribution >= 4 is 7.60 Å². The minimum Gasteiger partial charge on any atom is -0.324 e. The molecule has 1 aromatic rings. The van der Waals surface area contributed by atoms with Crippen LogP contribution in [0.25, 0.3) is 0 Å².